The van der Waals surface area contributed by atoms with Crippen LogP contribution < -0.4 is 0 Å². The van der Waals surface area contributed by atoms with Crippen LogP contribution in [0.3, 0.4) is 0 Å². The molecular formula is C68H72N3OPt-. The summed E-state index contributed by atoms with van der Waals surface area (Å²) in [5, 5.41) is 12.5. The predicted octanol–water partition coefficient (Wildman–Crippen LogP) is 18.9. The maximum absolute atomic E-state index is 12.5. The van der Waals surface area contributed by atoms with Gasteiger partial charge < -0.3 is 5.11 Å². The molecule has 0 saturated carbocycles. The number of nitrogens with zero attached hydrogens (tertiary/aromatic N) is 3. The molecule has 0 fully saturated rings. The molecule has 0 aliphatic rings. The van der Waals surface area contributed by atoms with Gasteiger partial charge in [0.1, 0.15) is 11.6 Å². The minimum Gasteiger partial charge on any atom is -0.507 e. The molecule has 0 unspecified atom stereocenters. The third-order valence-corrected chi connectivity index (χ3v) is 15.9. The van der Waals surface area contributed by atoms with Crippen LogP contribution in [0.25, 0.3) is 83.9 Å². The summed E-state index contributed by atoms with van der Waals surface area (Å²) in [5.74, 6) is 0.621. The van der Waals surface area contributed by atoms with Crippen LogP contribution in [-0.2, 0) is 31.9 Å². The monoisotopic (exact) mass is 1150 g/mol. The van der Waals surface area contributed by atoms with E-state index < -0.39 is 13.7 Å². The largest absolute Gasteiger partial charge is 0.507 e. The molecule has 2 aromatic heterocycles. The standard InChI is InChI=1S/C68H72N3O.Pt/c1-13-67(11,14-2)58-25-21-26-59(68(12,15-3)16-4)63(58)50-32-33-61(46(10)36-50)71-62-27-20-24-55(64(62)70-66(71)57-41-51(43(5)6)40-56(44(7)8)65(57)72)53-37-52(47-22-18-17-19-23-47)38-54(39-53)60-42-49(34-35-69-60)48-30-28-45(9)29-31-48;/h17-38,40-44,72H,13-16H2,1-12H3;/q-1;/i9D3,10D3;. The van der Waals surface area contributed by atoms with Crippen LogP contribution in [0.2, 0.25) is 0 Å². The van der Waals surface area contributed by atoms with E-state index >= 15 is 0 Å². The van der Waals surface area contributed by atoms with Crippen molar-refractivity contribution in [2.75, 3.05) is 0 Å². The number of hydrogen-bond acceptors (Lipinski definition) is 3. The Kier molecular flexibility index (Phi) is 13.4. The van der Waals surface area contributed by atoms with Gasteiger partial charge in [-0.25, -0.2) is 4.98 Å². The van der Waals surface area contributed by atoms with E-state index in [1.807, 2.05) is 83.4 Å². The molecule has 0 aliphatic carbocycles. The number of phenols is 1. The van der Waals surface area contributed by atoms with E-state index in [4.69, 9.17) is 14.1 Å². The van der Waals surface area contributed by atoms with E-state index in [1.165, 1.54) is 11.1 Å². The van der Waals surface area contributed by atoms with Gasteiger partial charge in [0.15, 0.2) is 0 Å². The maximum Gasteiger partial charge on any atom is 0.148 e. The molecule has 0 bridgehead atoms. The SMILES string of the molecule is [2H]C([2H])([2H])c1ccc(-c2ccnc(-c3[c-]c(-c4cccc5c4nc(-c4cc(C(C)C)cc(C(C)C)c4O)n5-c4ccc(-c5c(C(C)(CC)CC)cccc5C(C)(CC)CC)cc4C([2H])([2H])[2H])cc(-c4ccccc4)c3)c2)cc1.[Pt]. The van der Waals surface area contributed by atoms with Gasteiger partial charge in [-0.15, -0.1) is 23.8 Å². The van der Waals surface area contributed by atoms with Crippen molar-refractivity contribution < 1.29 is 34.4 Å². The Morgan fingerprint density at radius 3 is 1.88 bits per heavy atom. The Hall–Kier alpha value is -6.35. The number of rotatable bonds is 15. The van der Waals surface area contributed by atoms with Crippen molar-refractivity contribution >= 4 is 11.0 Å². The van der Waals surface area contributed by atoms with Crippen LogP contribution in [0.1, 0.15) is 148 Å². The zero-order valence-electron chi connectivity index (χ0n) is 50.0. The van der Waals surface area contributed by atoms with E-state index in [0.29, 0.717) is 33.8 Å². The van der Waals surface area contributed by atoms with Crippen LogP contribution in [0.15, 0.2) is 152 Å². The minimum atomic E-state index is -2.57. The summed E-state index contributed by atoms with van der Waals surface area (Å²) >= 11 is 0. The predicted molar refractivity (Wildman–Crippen MR) is 306 cm³/mol. The molecule has 9 aromatic rings. The Balaban J connectivity index is 0.00000822. The van der Waals surface area contributed by atoms with Gasteiger partial charge in [0.05, 0.1) is 22.3 Å². The molecule has 0 radical (unpaired) electrons. The van der Waals surface area contributed by atoms with Gasteiger partial charge in [0.2, 0.25) is 0 Å². The average molecular weight is 1150 g/mol. The van der Waals surface area contributed by atoms with E-state index in [2.05, 4.69) is 130 Å². The number of fused-ring (bicyclic) bond motifs is 1. The molecule has 0 aliphatic heterocycles. The van der Waals surface area contributed by atoms with Gasteiger partial charge in [0.25, 0.3) is 0 Å². The van der Waals surface area contributed by atoms with Crippen molar-refractivity contribution in [1.29, 1.82) is 0 Å². The molecule has 2 heterocycles. The minimum absolute atomic E-state index is 0. The molecule has 5 heteroatoms. The molecule has 0 saturated heterocycles. The van der Waals surface area contributed by atoms with Gasteiger partial charge in [-0.2, -0.15) is 0 Å². The fourth-order valence-corrected chi connectivity index (χ4v) is 10.5. The second kappa shape index (κ2) is 21.6. The molecule has 0 amide bonds. The molecule has 7 aromatic carbocycles. The number of imidazole rings is 1. The van der Waals surface area contributed by atoms with E-state index in [1.54, 1.807) is 18.3 Å². The summed E-state index contributed by atoms with van der Waals surface area (Å²) in [5.41, 5.74) is 15.1. The first kappa shape index (κ1) is 45.3. The van der Waals surface area contributed by atoms with E-state index in [9.17, 15) is 9.22 Å². The number of aromatic hydroxyl groups is 1. The first-order chi connectivity index (χ1) is 37.0. The van der Waals surface area contributed by atoms with Crippen LogP contribution in [-0.4, -0.2) is 19.6 Å². The van der Waals surface area contributed by atoms with Gasteiger partial charge in [-0.1, -0.05) is 195 Å². The third-order valence-electron chi connectivity index (χ3n) is 15.9. The number of phenolic OH excluding ortho intramolecular Hbond substituents is 1. The normalized spacial score (nSPS) is 13.5. The summed E-state index contributed by atoms with van der Waals surface area (Å²) in [7, 11) is 0. The van der Waals surface area contributed by atoms with Crippen molar-refractivity contribution in [3.8, 4) is 78.6 Å². The third kappa shape index (κ3) is 10.1. The summed E-state index contributed by atoms with van der Waals surface area (Å²) in [6.07, 6.45) is 5.44. The summed E-state index contributed by atoms with van der Waals surface area (Å²) < 4.78 is 53.8. The molecular weight excluding hydrogens is 1070 g/mol. The number of hydrogen-bond donors (Lipinski definition) is 1. The Bertz CT molecular complexity index is 3610. The smallest absolute Gasteiger partial charge is 0.148 e. The molecule has 1 N–H and O–H groups in total. The first-order valence-corrected chi connectivity index (χ1v) is 25.9. The number of pyridine rings is 1. The topological polar surface area (TPSA) is 50.9 Å². The fourth-order valence-electron chi connectivity index (χ4n) is 10.5. The summed E-state index contributed by atoms with van der Waals surface area (Å²) in [6, 6.07) is 51.6. The van der Waals surface area contributed by atoms with Crippen LogP contribution in [0.5, 0.6) is 5.75 Å². The second-order valence-corrected chi connectivity index (χ2v) is 20.8. The van der Waals surface area contributed by atoms with E-state index in [0.717, 1.165) is 86.9 Å². The molecule has 9 rings (SSSR count). The van der Waals surface area contributed by atoms with Crippen LogP contribution in [0, 0.1) is 19.8 Å². The molecule has 4 nitrogen and oxygen atoms in total. The number of benzene rings is 7. The maximum atomic E-state index is 12.5. The summed E-state index contributed by atoms with van der Waals surface area (Å²) in [4.78, 5) is 10.4. The second-order valence-electron chi connectivity index (χ2n) is 20.8. The summed E-state index contributed by atoms with van der Waals surface area (Å²) in [6.45, 7) is 17.2. The van der Waals surface area contributed by atoms with Crippen molar-refractivity contribution in [3.63, 3.8) is 0 Å². The van der Waals surface area contributed by atoms with Crippen molar-refractivity contribution in [2.45, 2.75) is 131 Å². The average Bonchev–Trinajstić information content (AvgIpc) is 4.11. The number of para-hydroxylation sites is 1. The Morgan fingerprint density at radius 1 is 0.603 bits per heavy atom. The molecule has 0 atom stereocenters. The van der Waals surface area contributed by atoms with Gasteiger partial charge in [0, 0.05) is 41.2 Å². The van der Waals surface area contributed by atoms with Gasteiger partial charge in [-0.3, -0.25) is 9.55 Å². The van der Waals surface area contributed by atoms with Crippen LogP contribution in [0.4, 0.5) is 0 Å². The first-order valence-electron chi connectivity index (χ1n) is 28.9. The number of aromatic nitrogens is 3. The van der Waals surface area contributed by atoms with Crippen molar-refractivity contribution in [2.24, 2.45) is 0 Å². The fraction of sp³-hybridized carbons (Fsp3) is 0.294. The van der Waals surface area contributed by atoms with Gasteiger partial charge >= 0.3 is 0 Å². The van der Waals surface area contributed by atoms with Crippen molar-refractivity contribution in [3.05, 3.63) is 191 Å². The van der Waals surface area contributed by atoms with Crippen LogP contribution >= 0.6 is 0 Å². The molecule has 376 valence electrons. The zero-order valence-corrected chi connectivity index (χ0v) is 46.3. The molecule has 73 heavy (non-hydrogen) atoms. The van der Waals surface area contributed by atoms with E-state index in [-0.39, 0.29) is 60.6 Å². The molecule has 0 spiro atoms. The number of aryl methyl sites for hydroxylation is 2. The quantitative estimate of drug-likeness (QED) is 0.104. The van der Waals surface area contributed by atoms with Crippen molar-refractivity contribution in [1.82, 2.24) is 14.5 Å². The Labute approximate surface area is 458 Å². The zero-order chi connectivity index (χ0) is 56.1. The van der Waals surface area contributed by atoms with Gasteiger partial charge in [-0.05, 0) is 148 Å². The Morgan fingerprint density at radius 2 is 1.25 bits per heavy atom.